The molecule has 0 aliphatic carbocycles. The summed E-state index contributed by atoms with van der Waals surface area (Å²) in [6.45, 7) is 0. The molecule has 0 unspecified atom stereocenters. The van der Waals surface area contributed by atoms with Gasteiger partial charge in [-0.2, -0.15) is 5.26 Å². The van der Waals surface area contributed by atoms with Gasteiger partial charge in [0.25, 0.3) is 0 Å². The molecule has 1 aromatic heterocycles. The van der Waals surface area contributed by atoms with E-state index in [9.17, 15) is 8.42 Å². The van der Waals surface area contributed by atoms with Gasteiger partial charge in [0.15, 0.2) is 20.6 Å². The van der Waals surface area contributed by atoms with Crippen LogP contribution in [0.15, 0.2) is 17.4 Å². The van der Waals surface area contributed by atoms with Crippen molar-refractivity contribution in [3.05, 3.63) is 18.1 Å². The summed E-state index contributed by atoms with van der Waals surface area (Å²) >= 11 is 5.40. The van der Waals surface area contributed by atoms with Crippen LogP contribution in [0.3, 0.4) is 0 Å². The Morgan fingerprint density at radius 1 is 1.40 bits per heavy atom. The van der Waals surface area contributed by atoms with Gasteiger partial charge in [-0.1, -0.05) is 0 Å². The van der Waals surface area contributed by atoms with Crippen LogP contribution in [0.2, 0.25) is 0 Å². The largest absolute Gasteiger partial charge is 0.241 e. The lowest BCUT2D eigenvalue weighted by Gasteiger charge is -2.00. The van der Waals surface area contributed by atoms with Gasteiger partial charge in [-0.3, -0.25) is 0 Å². The highest BCUT2D eigenvalue weighted by Gasteiger charge is 2.15. The Hall–Kier alpha value is -1.19. The molecule has 0 saturated carbocycles. The van der Waals surface area contributed by atoms with E-state index >= 15 is 0 Å². The lowest BCUT2D eigenvalue weighted by Crippen LogP contribution is -2.09. The zero-order valence-corrected chi connectivity index (χ0v) is 9.29. The number of sulfone groups is 1. The van der Waals surface area contributed by atoms with E-state index < -0.39 is 9.84 Å². The molecule has 1 heterocycles. The van der Waals surface area contributed by atoms with Gasteiger partial charge in [-0.05, 0) is 6.42 Å². The molecule has 0 aromatic carbocycles. The first-order valence-corrected chi connectivity index (χ1v) is 6.29. The van der Waals surface area contributed by atoms with Crippen molar-refractivity contribution in [2.24, 2.45) is 0 Å². The Morgan fingerprint density at radius 2 is 2.13 bits per heavy atom. The van der Waals surface area contributed by atoms with Gasteiger partial charge in [0, 0.05) is 5.88 Å². The molecule has 0 aliphatic rings. The quantitative estimate of drug-likeness (QED) is 0.731. The highest BCUT2D eigenvalue weighted by Crippen LogP contribution is 2.07. The van der Waals surface area contributed by atoms with Crippen molar-refractivity contribution in [3.63, 3.8) is 0 Å². The van der Waals surface area contributed by atoms with Crippen molar-refractivity contribution in [1.29, 1.82) is 5.26 Å². The number of hydrogen-bond acceptors (Lipinski definition) is 5. The van der Waals surface area contributed by atoms with Gasteiger partial charge in [0.1, 0.15) is 6.07 Å². The number of halogens is 1. The minimum Gasteiger partial charge on any atom is -0.241 e. The van der Waals surface area contributed by atoms with Crippen LogP contribution in [0.1, 0.15) is 12.1 Å². The second-order valence-corrected chi connectivity index (χ2v) is 5.15. The molecule has 5 nitrogen and oxygen atoms in total. The number of hydrogen-bond donors (Lipinski definition) is 0. The minimum atomic E-state index is -3.41. The molecule has 0 amide bonds. The van der Waals surface area contributed by atoms with Crippen molar-refractivity contribution in [3.8, 4) is 6.07 Å². The van der Waals surface area contributed by atoms with E-state index in [0.717, 1.165) is 12.4 Å². The predicted octanol–water partition coefficient (Wildman–Crippen LogP) is 0.751. The van der Waals surface area contributed by atoms with E-state index in [1.165, 1.54) is 0 Å². The number of nitriles is 1. The van der Waals surface area contributed by atoms with Crippen molar-refractivity contribution in [2.45, 2.75) is 11.4 Å². The maximum Gasteiger partial charge on any atom is 0.197 e. The fourth-order valence-electron chi connectivity index (χ4n) is 0.884. The normalized spacial score (nSPS) is 10.9. The van der Waals surface area contributed by atoms with Crippen molar-refractivity contribution < 1.29 is 8.42 Å². The van der Waals surface area contributed by atoms with Gasteiger partial charge in [0.05, 0.1) is 18.1 Å². The molecule has 15 heavy (non-hydrogen) atoms. The predicted molar refractivity (Wildman–Crippen MR) is 54.1 cm³/mol. The molecule has 0 fully saturated rings. The topological polar surface area (TPSA) is 83.7 Å². The molecule has 0 N–H and O–H groups in total. The van der Waals surface area contributed by atoms with Crippen LogP contribution in [0, 0.1) is 11.3 Å². The summed E-state index contributed by atoms with van der Waals surface area (Å²) in [5, 5.41) is 8.33. The Morgan fingerprint density at radius 3 is 2.60 bits per heavy atom. The van der Waals surface area contributed by atoms with E-state index in [1.807, 2.05) is 0 Å². The summed E-state index contributed by atoms with van der Waals surface area (Å²) in [6, 6.07) is 1.76. The average molecular weight is 246 g/mol. The zero-order chi connectivity index (χ0) is 11.3. The molecule has 0 spiro atoms. The number of rotatable bonds is 4. The van der Waals surface area contributed by atoms with Crippen molar-refractivity contribution in [2.75, 3.05) is 11.6 Å². The fourth-order valence-corrected chi connectivity index (χ4v) is 2.34. The average Bonchev–Trinajstić information content (AvgIpc) is 2.26. The van der Waals surface area contributed by atoms with Crippen LogP contribution < -0.4 is 0 Å². The third-order valence-corrected chi connectivity index (χ3v) is 3.55. The Balaban J connectivity index is 2.92. The highest BCUT2D eigenvalue weighted by atomic mass is 35.5. The highest BCUT2D eigenvalue weighted by molar-refractivity contribution is 7.91. The summed E-state index contributed by atoms with van der Waals surface area (Å²) in [4.78, 5) is 7.29. The Kier molecular flexibility index (Phi) is 4.00. The molecule has 1 aromatic rings. The van der Waals surface area contributed by atoms with E-state index in [-0.39, 0.29) is 22.4 Å². The van der Waals surface area contributed by atoms with E-state index in [2.05, 4.69) is 9.97 Å². The smallest absolute Gasteiger partial charge is 0.197 e. The maximum atomic E-state index is 11.5. The number of alkyl halides is 1. The van der Waals surface area contributed by atoms with Crippen LogP contribution in [-0.2, 0) is 9.84 Å². The van der Waals surface area contributed by atoms with Gasteiger partial charge in [-0.25, -0.2) is 18.4 Å². The summed E-state index contributed by atoms with van der Waals surface area (Å²) < 4.78 is 23.1. The van der Waals surface area contributed by atoms with Gasteiger partial charge < -0.3 is 0 Å². The fraction of sp³-hybridized carbons (Fsp3) is 0.375. The monoisotopic (exact) mass is 245 g/mol. The van der Waals surface area contributed by atoms with Crippen LogP contribution in [0.25, 0.3) is 0 Å². The van der Waals surface area contributed by atoms with Gasteiger partial charge in [-0.15, -0.1) is 11.6 Å². The van der Waals surface area contributed by atoms with Crippen LogP contribution in [-0.4, -0.2) is 30.0 Å². The standard InChI is InChI=1S/C8H8ClN3O2S/c9-2-1-3-15(13,14)8-6-11-7(4-10)5-12-8/h5-6H,1-3H2. The van der Waals surface area contributed by atoms with Crippen molar-refractivity contribution >= 4 is 21.4 Å². The first kappa shape index (κ1) is 11.9. The lowest BCUT2D eigenvalue weighted by molar-refractivity contribution is 0.590. The van der Waals surface area contributed by atoms with Crippen LogP contribution in [0.5, 0.6) is 0 Å². The second-order valence-electron chi connectivity index (χ2n) is 2.71. The number of nitrogens with zero attached hydrogens (tertiary/aromatic N) is 3. The van der Waals surface area contributed by atoms with Crippen LogP contribution in [0.4, 0.5) is 0 Å². The molecule has 7 heteroatoms. The number of aromatic nitrogens is 2. The lowest BCUT2D eigenvalue weighted by atomic mass is 10.5. The molecule has 0 radical (unpaired) electrons. The van der Waals surface area contributed by atoms with Gasteiger partial charge >= 0.3 is 0 Å². The summed E-state index contributed by atoms with van der Waals surface area (Å²) in [6.07, 6.45) is 2.58. The molecular weight excluding hydrogens is 238 g/mol. The third kappa shape index (κ3) is 3.15. The first-order valence-electron chi connectivity index (χ1n) is 4.11. The summed E-state index contributed by atoms with van der Waals surface area (Å²) in [5.41, 5.74) is 0.0892. The molecule has 0 aliphatic heterocycles. The molecule has 80 valence electrons. The third-order valence-electron chi connectivity index (χ3n) is 1.61. The molecule has 1 rings (SSSR count). The molecule has 0 bridgehead atoms. The van der Waals surface area contributed by atoms with E-state index in [0.29, 0.717) is 6.42 Å². The molecule has 0 atom stereocenters. The maximum absolute atomic E-state index is 11.5. The Bertz CT molecular complexity index is 464. The summed E-state index contributed by atoms with van der Waals surface area (Å²) in [7, 11) is -3.41. The minimum absolute atomic E-state index is 0.0585. The van der Waals surface area contributed by atoms with Crippen LogP contribution >= 0.6 is 11.6 Å². The Labute approximate surface area is 92.7 Å². The van der Waals surface area contributed by atoms with E-state index in [4.69, 9.17) is 16.9 Å². The summed E-state index contributed by atoms with van der Waals surface area (Å²) in [5.74, 6) is 0.222. The molecular formula is C8H8ClN3O2S. The molecule has 0 saturated heterocycles. The van der Waals surface area contributed by atoms with Crippen molar-refractivity contribution in [1.82, 2.24) is 9.97 Å². The SMILES string of the molecule is N#Cc1cnc(S(=O)(=O)CCCCl)cn1. The second kappa shape index (κ2) is 5.05. The first-order chi connectivity index (χ1) is 7.10. The van der Waals surface area contributed by atoms with Gasteiger partial charge in [0.2, 0.25) is 0 Å². The zero-order valence-electron chi connectivity index (χ0n) is 7.72. The van der Waals surface area contributed by atoms with E-state index in [1.54, 1.807) is 6.07 Å².